The van der Waals surface area contributed by atoms with Gasteiger partial charge in [0.25, 0.3) is 5.91 Å². The summed E-state index contributed by atoms with van der Waals surface area (Å²) >= 11 is 0. The zero-order valence-corrected chi connectivity index (χ0v) is 18.7. The summed E-state index contributed by atoms with van der Waals surface area (Å²) in [6.45, 7) is 0. The molecule has 1 atom stereocenters. The van der Waals surface area contributed by atoms with Gasteiger partial charge in [-0.3, -0.25) is 14.3 Å². The van der Waals surface area contributed by atoms with E-state index >= 15 is 0 Å². The van der Waals surface area contributed by atoms with Gasteiger partial charge in [-0.2, -0.15) is 4.99 Å². The number of amides is 1. The number of carbonyl (C=O) groups is 1. The second-order valence-corrected chi connectivity index (χ2v) is 8.77. The highest BCUT2D eigenvalue weighted by Crippen LogP contribution is 2.44. The lowest BCUT2D eigenvalue weighted by Crippen LogP contribution is -2.45. The first-order chi connectivity index (χ1) is 17.3. The maximum atomic E-state index is 14.7. The molecule has 6 nitrogen and oxygen atoms in total. The molecule has 3 heterocycles. The number of benzene rings is 4. The number of rotatable bonds is 3. The number of hydrogen-bond donors (Lipinski definition) is 1. The molecule has 1 aromatic heterocycles. The highest BCUT2D eigenvalue weighted by Gasteiger charge is 2.56. The number of hydrogen-bond acceptors (Lipinski definition) is 4. The van der Waals surface area contributed by atoms with Crippen LogP contribution in [0.4, 0.5) is 5.95 Å². The SMILES string of the molecule is O=C1N2C(=Nc3nc4ccccc4n3C2c2ccccc2)NC1(c1ccccc1)c1ccccc1. The summed E-state index contributed by atoms with van der Waals surface area (Å²) < 4.78 is 2.06. The van der Waals surface area contributed by atoms with Crippen LogP contribution in [0.15, 0.2) is 120 Å². The minimum absolute atomic E-state index is 0.0778. The number of imidazole rings is 1. The van der Waals surface area contributed by atoms with E-state index in [0.717, 1.165) is 27.7 Å². The van der Waals surface area contributed by atoms with E-state index in [1.807, 2.05) is 115 Å². The lowest BCUT2D eigenvalue weighted by Gasteiger charge is -2.33. The molecule has 0 aliphatic carbocycles. The predicted molar refractivity (Wildman–Crippen MR) is 135 cm³/mol. The number of para-hydroxylation sites is 2. The Bertz CT molecular complexity index is 1550. The highest BCUT2D eigenvalue weighted by molar-refractivity contribution is 6.12. The molecule has 7 rings (SSSR count). The molecule has 1 fully saturated rings. The molecule has 0 spiro atoms. The van der Waals surface area contributed by atoms with Crippen molar-refractivity contribution in [3.8, 4) is 0 Å². The van der Waals surface area contributed by atoms with Crippen molar-refractivity contribution >= 4 is 28.8 Å². The molecular formula is C29H21N5O. The van der Waals surface area contributed by atoms with E-state index in [9.17, 15) is 4.79 Å². The van der Waals surface area contributed by atoms with Crippen LogP contribution in [0.3, 0.4) is 0 Å². The molecule has 0 saturated carbocycles. The number of aromatic nitrogens is 2. The first kappa shape index (κ1) is 19.7. The molecular weight excluding hydrogens is 434 g/mol. The summed E-state index contributed by atoms with van der Waals surface area (Å²) in [4.78, 5) is 26.1. The third-order valence-corrected chi connectivity index (χ3v) is 6.85. The smallest absolute Gasteiger partial charge is 0.266 e. The summed E-state index contributed by atoms with van der Waals surface area (Å²) in [6, 6.07) is 37.7. The topological polar surface area (TPSA) is 62.5 Å². The Balaban J connectivity index is 1.51. The summed E-state index contributed by atoms with van der Waals surface area (Å²) in [7, 11) is 0. The van der Waals surface area contributed by atoms with Gasteiger partial charge in [0, 0.05) is 0 Å². The number of nitrogens with zero attached hydrogens (tertiary/aromatic N) is 4. The first-order valence-electron chi connectivity index (χ1n) is 11.6. The Kier molecular flexibility index (Phi) is 4.17. The van der Waals surface area contributed by atoms with Crippen LogP contribution in [-0.4, -0.2) is 26.3 Å². The molecule has 168 valence electrons. The Morgan fingerprint density at radius 1 is 0.714 bits per heavy atom. The summed E-state index contributed by atoms with van der Waals surface area (Å²) in [5.41, 5.74) is 3.39. The molecule has 0 radical (unpaired) electrons. The summed E-state index contributed by atoms with van der Waals surface area (Å²) in [5, 5.41) is 3.55. The van der Waals surface area contributed by atoms with Gasteiger partial charge in [-0.15, -0.1) is 0 Å². The first-order valence-corrected chi connectivity index (χ1v) is 11.6. The monoisotopic (exact) mass is 455 g/mol. The minimum atomic E-state index is -1.10. The van der Waals surface area contributed by atoms with Crippen molar-refractivity contribution in [2.24, 2.45) is 4.99 Å². The van der Waals surface area contributed by atoms with Gasteiger partial charge in [-0.05, 0) is 28.8 Å². The van der Waals surface area contributed by atoms with Crippen molar-refractivity contribution in [1.29, 1.82) is 0 Å². The molecule has 2 aliphatic rings. The van der Waals surface area contributed by atoms with Crippen LogP contribution >= 0.6 is 0 Å². The number of nitrogens with one attached hydrogen (secondary N) is 1. The standard InChI is InChI=1S/C29H21N5O/c35-26-29(21-14-6-2-7-15-21,22-16-8-3-9-17-22)32-28-31-27-30-23-18-10-11-19-24(23)33(27)25(34(26)28)20-12-4-1-5-13-20/h1-19,25H,(H,30,31,32). The Labute approximate surface area is 202 Å². The molecule has 6 heteroatoms. The minimum Gasteiger partial charge on any atom is -0.334 e. The summed E-state index contributed by atoms with van der Waals surface area (Å²) in [5.74, 6) is 0.994. The van der Waals surface area contributed by atoms with Gasteiger partial charge in [-0.25, -0.2) is 4.98 Å². The number of fused-ring (bicyclic) bond motifs is 4. The average Bonchev–Trinajstić information content (AvgIpc) is 3.44. The lowest BCUT2D eigenvalue weighted by atomic mass is 9.82. The van der Waals surface area contributed by atoms with Crippen molar-refractivity contribution < 1.29 is 4.79 Å². The maximum Gasteiger partial charge on any atom is 0.266 e. The molecule has 1 saturated heterocycles. The summed E-state index contributed by atoms with van der Waals surface area (Å²) in [6.07, 6.45) is -0.430. The Hall–Kier alpha value is -4.71. The quantitative estimate of drug-likeness (QED) is 0.418. The van der Waals surface area contributed by atoms with E-state index in [-0.39, 0.29) is 5.91 Å². The van der Waals surface area contributed by atoms with E-state index < -0.39 is 11.7 Å². The van der Waals surface area contributed by atoms with Gasteiger partial charge >= 0.3 is 0 Å². The third-order valence-electron chi connectivity index (χ3n) is 6.85. The van der Waals surface area contributed by atoms with Gasteiger partial charge < -0.3 is 5.32 Å². The van der Waals surface area contributed by atoms with E-state index in [1.54, 1.807) is 4.90 Å². The molecule has 5 aromatic rings. The lowest BCUT2D eigenvalue weighted by molar-refractivity contribution is -0.132. The molecule has 4 aromatic carbocycles. The van der Waals surface area contributed by atoms with E-state index in [0.29, 0.717) is 11.9 Å². The normalized spacial score (nSPS) is 18.1. The number of aliphatic imine (C=N–C) groups is 1. The number of carbonyl (C=O) groups excluding carboxylic acids is 1. The zero-order chi connectivity index (χ0) is 23.4. The largest absolute Gasteiger partial charge is 0.334 e. The fourth-order valence-electron chi connectivity index (χ4n) is 5.29. The second kappa shape index (κ2) is 7.40. The van der Waals surface area contributed by atoms with Crippen LogP contribution in [0.5, 0.6) is 0 Å². The molecule has 35 heavy (non-hydrogen) atoms. The molecule has 1 unspecified atom stereocenters. The fraction of sp³-hybridized carbons (Fsp3) is 0.0690. The van der Waals surface area contributed by atoms with Crippen LogP contribution in [0, 0.1) is 0 Å². The molecule has 1 N–H and O–H groups in total. The van der Waals surface area contributed by atoms with Crippen LogP contribution < -0.4 is 5.32 Å². The Morgan fingerprint density at radius 3 is 1.94 bits per heavy atom. The highest BCUT2D eigenvalue weighted by atomic mass is 16.2. The second-order valence-electron chi connectivity index (χ2n) is 8.77. The predicted octanol–water partition coefficient (Wildman–Crippen LogP) is 4.96. The van der Waals surface area contributed by atoms with Crippen LogP contribution in [0.1, 0.15) is 22.9 Å². The zero-order valence-electron chi connectivity index (χ0n) is 18.7. The van der Waals surface area contributed by atoms with E-state index in [2.05, 4.69) is 9.88 Å². The fourth-order valence-corrected chi connectivity index (χ4v) is 5.29. The van der Waals surface area contributed by atoms with Gasteiger partial charge in [0.2, 0.25) is 11.9 Å². The van der Waals surface area contributed by atoms with Crippen molar-refractivity contribution in [2.45, 2.75) is 11.7 Å². The molecule has 2 aliphatic heterocycles. The van der Waals surface area contributed by atoms with E-state index in [4.69, 9.17) is 9.98 Å². The van der Waals surface area contributed by atoms with Crippen molar-refractivity contribution in [1.82, 2.24) is 19.8 Å². The van der Waals surface area contributed by atoms with Gasteiger partial charge in [0.1, 0.15) is 6.17 Å². The molecule has 1 amide bonds. The van der Waals surface area contributed by atoms with Gasteiger partial charge in [-0.1, -0.05) is 103 Å². The molecule has 0 bridgehead atoms. The van der Waals surface area contributed by atoms with Crippen molar-refractivity contribution in [2.75, 3.05) is 0 Å². The third kappa shape index (κ3) is 2.74. The van der Waals surface area contributed by atoms with Gasteiger partial charge in [0.05, 0.1) is 11.0 Å². The Morgan fingerprint density at radius 2 is 1.29 bits per heavy atom. The van der Waals surface area contributed by atoms with Crippen molar-refractivity contribution in [3.63, 3.8) is 0 Å². The average molecular weight is 456 g/mol. The van der Waals surface area contributed by atoms with Gasteiger partial charge in [0.15, 0.2) is 5.54 Å². The van der Waals surface area contributed by atoms with Crippen LogP contribution in [0.2, 0.25) is 0 Å². The van der Waals surface area contributed by atoms with Crippen LogP contribution in [0.25, 0.3) is 11.0 Å². The van der Waals surface area contributed by atoms with E-state index in [1.165, 1.54) is 0 Å². The van der Waals surface area contributed by atoms with Crippen LogP contribution in [-0.2, 0) is 10.3 Å². The number of guanidine groups is 1. The van der Waals surface area contributed by atoms with Crippen molar-refractivity contribution in [3.05, 3.63) is 132 Å². The maximum absolute atomic E-state index is 14.7.